The fraction of sp³-hybridized carbons (Fsp3) is 0.444. The van der Waals surface area contributed by atoms with E-state index in [0.29, 0.717) is 0 Å². The van der Waals surface area contributed by atoms with Gasteiger partial charge < -0.3 is 23.9 Å². The zero-order chi connectivity index (χ0) is 22.3. The first-order valence-corrected chi connectivity index (χ1v) is 9.32. The second-order valence-electron chi connectivity index (χ2n) is 6.91. The Morgan fingerprint density at radius 2 is 1.84 bits per heavy atom. The summed E-state index contributed by atoms with van der Waals surface area (Å²) < 4.78 is 24.4. The van der Waals surface area contributed by atoms with Crippen molar-refractivity contribution in [2.24, 2.45) is 0 Å². The van der Waals surface area contributed by atoms with E-state index in [-0.39, 0.29) is 23.5 Å². The molecule has 31 heavy (non-hydrogen) atoms. The number of aromatic nitrogens is 5. The van der Waals surface area contributed by atoms with Gasteiger partial charge in [-0.05, 0) is 0 Å². The molecule has 164 valence electrons. The molecule has 3 aromatic heterocycles. The van der Waals surface area contributed by atoms with Gasteiger partial charge >= 0.3 is 17.9 Å². The van der Waals surface area contributed by atoms with Crippen LogP contribution in [0.25, 0.3) is 16.9 Å². The van der Waals surface area contributed by atoms with Gasteiger partial charge in [0, 0.05) is 33.2 Å². The van der Waals surface area contributed by atoms with Crippen LogP contribution in [0.1, 0.15) is 27.0 Å². The molecular formula is C18H19N5O8. The van der Waals surface area contributed by atoms with Crippen LogP contribution in [0, 0.1) is 0 Å². The molecule has 1 aliphatic rings. The Bertz CT molecular complexity index is 1230. The van der Waals surface area contributed by atoms with Gasteiger partial charge in [0.2, 0.25) is 5.78 Å². The summed E-state index contributed by atoms with van der Waals surface area (Å²) in [6, 6.07) is 0. The number of ether oxygens (including phenoxy) is 4. The van der Waals surface area contributed by atoms with Gasteiger partial charge in [-0.25, -0.2) is 4.98 Å². The first-order valence-electron chi connectivity index (χ1n) is 9.32. The van der Waals surface area contributed by atoms with E-state index in [1.165, 1.54) is 42.3 Å². The van der Waals surface area contributed by atoms with Crippen LogP contribution in [0.4, 0.5) is 0 Å². The number of nitrogens with zero attached hydrogens (tertiary/aromatic N) is 4. The maximum Gasteiger partial charge on any atom is 0.303 e. The average Bonchev–Trinajstić information content (AvgIpc) is 3.39. The highest BCUT2D eigenvalue weighted by molar-refractivity contribution is 5.72. The predicted molar refractivity (Wildman–Crippen MR) is 101 cm³/mol. The summed E-state index contributed by atoms with van der Waals surface area (Å²) in [4.78, 5) is 58.8. The highest BCUT2D eigenvalue weighted by Gasteiger charge is 2.51. The summed E-state index contributed by atoms with van der Waals surface area (Å²) in [6.45, 7) is 3.36. The normalized spacial score (nSPS) is 23.2. The number of aromatic amines is 1. The number of hydrogen-bond acceptors (Lipinski definition) is 10. The van der Waals surface area contributed by atoms with Crippen molar-refractivity contribution >= 4 is 34.8 Å². The molecule has 1 N–H and O–H groups in total. The maximum absolute atomic E-state index is 12.7. The summed E-state index contributed by atoms with van der Waals surface area (Å²) in [6.07, 6.45) is 0.216. The number of nitrogens with one attached hydrogen (secondary N) is 1. The van der Waals surface area contributed by atoms with Crippen LogP contribution >= 0.6 is 0 Å². The Hall–Kier alpha value is -3.74. The van der Waals surface area contributed by atoms with Crippen LogP contribution in [-0.4, -0.2) is 66.7 Å². The van der Waals surface area contributed by atoms with Crippen LogP contribution in [0.15, 0.2) is 23.5 Å². The van der Waals surface area contributed by atoms with Crippen molar-refractivity contribution in [2.45, 2.75) is 45.3 Å². The largest absolute Gasteiger partial charge is 0.463 e. The Morgan fingerprint density at radius 1 is 1.13 bits per heavy atom. The van der Waals surface area contributed by atoms with Crippen molar-refractivity contribution in [2.75, 3.05) is 6.61 Å². The molecule has 0 amide bonds. The van der Waals surface area contributed by atoms with Crippen LogP contribution in [0.3, 0.4) is 0 Å². The Kier molecular flexibility index (Phi) is 5.19. The molecule has 1 saturated heterocycles. The molecule has 1 aliphatic heterocycles. The Labute approximate surface area is 173 Å². The second kappa shape index (κ2) is 7.83. The number of rotatable bonds is 5. The van der Waals surface area contributed by atoms with Gasteiger partial charge in [-0.15, -0.1) is 0 Å². The molecule has 0 spiro atoms. The van der Waals surface area contributed by atoms with E-state index in [9.17, 15) is 19.2 Å². The number of H-pyrrole nitrogens is 1. The molecule has 3 aromatic rings. The third-order valence-electron chi connectivity index (χ3n) is 4.68. The van der Waals surface area contributed by atoms with Crippen molar-refractivity contribution in [3.05, 3.63) is 29.1 Å². The third-order valence-corrected chi connectivity index (χ3v) is 4.68. The van der Waals surface area contributed by atoms with Gasteiger partial charge in [-0.2, -0.15) is 4.98 Å². The molecule has 4 heterocycles. The van der Waals surface area contributed by atoms with Crippen LogP contribution in [-0.2, 0) is 33.3 Å². The van der Waals surface area contributed by atoms with Gasteiger partial charge in [0.05, 0.1) is 6.33 Å². The molecule has 4 atom stereocenters. The van der Waals surface area contributed by atoms with Crippen LogP contribution < -0.4 is 5.56 Å². The number of carbonyl (C=O) groups is 3. The number of fused-ring (bicyclic) bond motifs is 2. The highest BCUT2D eigenvalue weighted by atomic mass is 16.7. The molecule has 0 bridgehead atoms. The summed E-state index contributed by atoms with van der Waals surface area (Å²) in [7, 11) is 0. The van der Waals surface area contributed by atoms with Gasteiger partial charge in [0.15, 0.2) is 29.6 Å². The lowest BCUT2D eigenvalue weighted by molar-refractivity contribution is -0.166. The highest BCUT2D eigenvalue weighted by Crippen LogP contribution is 2.35. The molecule has 0 saturated carbocycles. The minimum atomic E-state index is -1.11. The Morgan fingerprint density at radius 3 is 2.52 bits per heavy atom. The van der Waals surface area contributed by atoms with E-state index in [1.54, 1.807) is 6.20 Å². The lowest BCUT2D eigenvalue weighted by Crippen LogP contribution is -2.40. The van der Waals surface area contributed by atoms with Gasteiger partial charge in [0.25, 0.3) is 5.56 Å². The zero-order valence-electron chi connectivity index (χ0n) is 16.8. The first kappa shape index (κ1) is 20.5. The van der Waals surface area contributed by atoms with Crippen molar-refractivity contribution in [1.29, 1.82) is 0 Å². The quantitative estimate of drug-likeness (QED) is 0.418. The molecule has 4 rings (SSSR count). The molecule has 0 unspecified atom stereocenters. The van der Waals surface area contributed by atoms with Crippen molar-refractivity contribution in [1.82, 2.24) is 23.9 Å². The summed E-state index contributed by atoms with van der Waals surface area (Å²) in [5.41, 5.74) is -0.172. The zero-order valence-corrected chi connectivity index (χ0v) is 16.8. The topological polar surface area (TPSA) is 156 Å². The van der Waals surface area contributed by atoms with Gasteiger partial charge in [-0.1, -0.05) is 0 Å². The lowest BCUT2D eigenvalue weighted by atomic mass is 10.1. The lowest BCUT2D eigenvalue weighted by Gasteiger charge is -2.23. The summed E-state index contributed by atoms with van der Waals surface area (Å²) in [5, 5.41) is 0. The number of esters is 3. The van der Waals surface area contributed by atoms with E-state index in [2.05, 4.69) is 15.0 Å². The Balaban J connectivity index is 1.80. The van der Waals surface area contributed by atoms with Crippen molar-refractivity contribution in [3.63, 3.8) is 0 Å². The predicted octanol–water partition coefficient (Wildman–Crippen LogP) is -0.304. The molecule has 1 fully saturated rings. The molecule has 0 radical (unpaired) electrons. The number of carbonyl (C=O) groups excluding carboxylic acids is 3. The monoisotopic (exact) mass is 433 g/mol. The van der Waals surface area contributed by atoms with E-state index < -0.39 is 48.0 Å². The second-order valence-corrected chi connectivity index (χ2v) is 6.91. The molecule has 13 nitrogen and oxygen atoms in total. The fourth-order valence-corrected chi connectivity index (χ4v) is 3.51. The molecule has 13 heteroatoms. The molecular weight excluding hydrogens is 414 g/mol. The van der Waals surface area contributed by atoms with E-state index >= 15 is 0 Å². The summed E-state index contributed by atoms with van der Waals surface area (Å²) in [5.74, 6) is -1.57. The fourth-order valence-electron chi connectivity index (χ4n) is 3.51. The van der Waals surface area contributed by atoms with E-state index in [4.69, 9.17) is 18.9 Å². The minimum Gasteiger partial charge on any atom is -0.463 e. The first-order chi connectivity index (χ1) is 14.8. The summed E-state index contributed by atoms with van der Waals surface area (Å²) >= 11 is 0. The van der Waals surface area contributed by atoms with Crippen LogP contribution in [0.2, 0.25) is 0 Å². The third kappa shape index (κ3) is 3.74. The standard InChI is InChI=1S/C18H19N5O8/c1-8(24)28-6-11-13(29-9(2)25)14(30-10(3)26)17(31-11)23-7-20-12-15(23)21-18-19-4-5-22(18)16(12)27/h4-5,7,11,13-14,17H,6H2,1-3H3,(H,19,21)/t11-,13-,14-,17-/m1/s1. The van der Waals surface area contributed by atoms with E-state index in [0.717, 1.165) is 0 Å². The SMILES string of the molecule is CC(=O)OC[C@H]1O[C@@H](n2cnc3c(=O)n4cc[nH]c4nc32)[C@H](OC(C)=O)[C@@H]1OC(C)=O. The van der Waals surface area contributed by atoms with Gasteiger partial charge in [-0.3, -0.25) is 28.1 Å². The maximum atomic E-state index is 12.7. The molecule has 0 aromatic carbocycles. The number of imidazole rings is 2. The minimum absolute atomic E-state index is 0.0646. The van der Waals surface area contributed by atoms with Gasteiger partial charge in [0.1, 0.15) is 12.7 Å². The smallest absolute Gasteiger partial charge is 0.303 e. The van der Waals surface area contributed by atoms with Crippen molar-refractivity contribution < 1.29 is 33.3 Å². The number of hydrogen-bond donors (Lipinski definition) is 1. The molecule has 0 aliphatic carbocycles. The average molecular weight is 433 g/mol. The van der Waals surface area contributed by atoms with E-state index in [1.807, 2.05) is 0 Å². The van der Waals surface area contributed by atoms with Crippen molar-refractivity contribution in [3.8, 4) is 0 Å². The van der Waals surface area contributed by atoms with Crippen LogP contribution in [0.5, 0.6) is 0 Å².